The third-order valence-corrected chi connectivity index (χ3v) is 3.53. The van der Waals surface area contributed by atoms with Gasteiger partial charge in [0.25, 0.3) is 5.79 Å². The molecule has 0 aromatic heterocycles. The summed E-state index contributed by atoms with van der Waals surface area (Å²) in [5, 5.41) is 3.58. The van der Waals surface area contributed by atoms with Gasteiger partial charge < -0.3 is 14.8 Å². The van der Waals surface area contributed by atoms with Gasteiger partial charge in [-0.15, -0.1) is 0 Å². The zero-order chi connectivity index (χ0) is 15.8. The van der Waals surface area contributed by atoms with Crippen LogP contribution in [-0.2, 0) is 19.1 Å². The third-order valence-electron chi connectivity index (χ3n) is 2.94. The highest BCUT2D eigenvalue weighted by Gasteiger charge is 2.38. The fraction of sp³-hybridized carbons (Fsp3) is 0.333. The second-order valence-corrected chi connectivity index (χ2v) is 5.68. The molecule has 1 aromatic carbocycles. The summed E-state index contributed by atoms with van der Waals surface area (Å²) in [4.78, 5) is 23.6. The Labute approximate surface area is 127 Å². The molecule has 0 radical (unpaired) electrons. The van der Waals surface area contributed by atoms with Crippen LogP contribution in [0.15, 0.2) is 23.9 Å². The van der Waals surface area contributed by atoms with Gasteiger partial charge in [-0.05, 0) is 37.1 Å². The summed E-state index contributed by atoms with van der Waals surface area (Å²) in [6.07, 6.45) is 1.28. The first-order valence-corrected chi connectivity index (χ1v) is 6.77. The number of nitrogens with one attached hydrogen (secondary N) is 1. The Balaban J connectivity index is 2.22. The molecular formula is C15H16ClNO4. The molecule has 0 spiro atoms. The van der Waals surface area contributed by atoms with Gasteiger partial charge in [-0.3, -0.25) is 0 Å². The standard InChI is InChI=1S/C15H16ClNO4/c1-8-5-10(6-9(2)12(8)16)17-7-11-13(18)20-15(3,4)21-14(11)19/h5-7,17H,1-4H3. The molecule has 2 rings (SSSR count). The smallest absolute Gasteiger partial charge is 0.350 e. The summed E-state index contributed by atoms with van der Waals surface area (Å²) in [5.74, 6) is -2.67. The molecule has 6 heteroatoms. The van der Waals surface area contributed by atoms with Gasteiger partial charge in [0, 0.05) is 30.8 Å². The molecule has 1 heterocycles. The average molecular weight is 310 g/mol. The monoisotopic (exact) mass is 309 g/mol. The van der Waals surface area contributed by atoms with Crippen molar-refractivity contribution in [3.63, 3.8) is 0 Å². The van der Waals surface area contributed by atoms with Gasteiger partial charge in [0.1, 0.15) is 0 Å². The molecule has 1 aromatic rings. The fourth-order valence-corrected chi connectivity index (χ4v) is 2.07. The lowest BCUT2D eigenvalue weighted by Crippen LogP contribution is -2.42. The second-order valence-electron chi connectivity index (χ2n) is 5.31. The van der Waals surface area contributed by atoms with Gasteiger partial charge in [0.15, 0.2) is 5.57 Å². The Morgan fingerprint density at radius 1 is 1.10 bits per heavy atom. The summed E-state index contributed by atoms with van der Waals surface area (Å²) in [6, 6.07) is 3.63. The number of halogens is 1. The van der Waals surface area contributed by atoms with E-state index in [9.17, 15) is 9.59 Å². The van der Waals surface area contributed by atoms with Crippen molar-refractivity contribution in [2.24, 2.45) is 0 Å². The zero-order valence-electron chi connectivity index (χ0n) is 12.2. The summed E-state index contributed by atoms with van der Waals surface area (Å²) in [7, 11) is 0. The van der Waals surface area contributed by atoms with Crippen LogP contribution in [0.4, 0.5) is 5.69 Å². The fourth-order valence-electron chi connectivity index (χ4n) is 1.96. The number of ether oxygens (including phenoxy) is 2. The number of esters is 2. The molecule has 112 valence electrons. The number of cyclic esters (lactones) is 2. The molecule has 1 fully saturated rings. The zero-order valence-corrected chi connectivity index (χ0v) is 13.0. The van der Waals surface area contributed by atoms with Crippen LogP contribution >= 0.6 is 11.6 Å². The number of benzene rings is 1. The van der Waals surface area contributed by atoms with Crippen LogP contribution in [-0.4, -0.2) is 17.7 Å². The molecule has 1 saturated heterocycles. The number of aryl methyl sites for hydroxylation is 2. The quantitative estimate of drug-likeness (QED) is 0.516. The van der Waals surface area contributed by atoms with Gasteiger partial charge in [0.2, 0.25) is 0 Å². The Morgan fingerprint density at radius 2 is 1.57 bits per heavy atom. The van der Waals surface area contributed by atoms with Crippen LogP contribution in [0.1, 0.15) is 25.0 Å². The molecule has 0 saturated carbocycles. The number of hydrogen-bond acceptors (Lipinski definition) is 5. The molecular weight excluding hydrogens is 294 g/mol. The third kappa shape index (κ3) is 3.36. The van der Waals surface area contributed by atoms with Gasteiger partial charge in [-0.2, -0.15) is 0 Å². The molecule has 0 aliphatic carbocycles. The van der Waals surface area contributed by atoms with E-state index in [4.69, 9.17) is 21.1 Å². The van der Waals surface area contributed by atoms with Gasteiger partial charge in [0.05, 0.1) is 0 Å². The van der Waals surface area contributed by atoms with Crippen LogP contribution in [0.2, 0.25) is 5.02 Å². The summed E-state index contributed by atoms with van der Waals surface area (Å²) < 4.78 is 10.0. The first kappa shape index (κ1) is 15.4. The van der Waals surface area contributed by atoms with Gasteiger partial charge in [-0.1, -0.05) is 11.6 Å². The van der Waals surface area contributed by atoms with Crippen LogP contribution in [0.3, 0.4) is 0 Å². The van der Waals surface area contributed by atoms with Crippen molar-refractivity contribution >= 4 is 29.2 Å². The van der Waals surface area contributed by atoms with Crippen LogP contribution in [0.5, 0.6) is 0 Å². The van der Waals surface area contributed by atoms with Gasteiger partial charge >= 0.3 is 11.9 Å². The molecule has 1 N–H and O–H groups in total. The maximum atomic E-state index is 11.8. The first-order valence-electron chi connectivity index (χ1n) is 6.40. The molecule has 5 nitrogen and oxygen atoms in total. The van der Waals surface area contributed by atoms with Crippen molar-refractivity contribution in [3.8, 4) is 0 Å². The van der Waals surface area contributed by atoms with Crippen LogP contribution < -0.4 is 5.32 Å². The largest absolute Gasteiger partial charge is 0.419 e. The van der Waals surface area contributed by atoms with E-state index in [0.29, 0.717) is 10.7 Å². The van der Waals surface area contributed by atoms with Gasteiger partial charge in [-0.25, -0.2) is 9.59 Å². The van der Waals surface area contributed by atoms with Crippen molar-refractivity contribution < 1.29 is 19.1 Å². The van der Waals surface area contributed by atoms with E-state index in [1.165, 1.54) is 20.0 Å². The topological polar surface area (TPSA) is 64.6 Å². The Morgan fingerprint density at radius 3 is 2.05 bits per heavy atom. The Hall–Kier alpha value is -2.01. The normalized spacial score (nSPS) is 17.1. The van der Waals surface area contributed by atoms with Crippen molar-refractivity contribution in [2.45, 2.75) is 33.5 Å². The van der Waals surface area contributed by atoms with E-state index in [2.05, 4.69) is 5.32 Å². The maximum Gasteiger partial charge on any atom is 0.350 e. The molecule has 1 aliphatic heterocycles. The predicted molar refractivity (Wildman–Crippen MR) is 78.9 cm³/mol. The lowest BCUT2D eigenvalue weighted by atomic mass is 10.1. The van der Waals surface area contributed by atoms with Crippen molar-refractivity contribution in [3.05, 3.63) is 40.1 Å². The number of carbonyl (C=O) groups excluding carboxylic acids is 2. The minimum atomic E-state index is -1.24. The predicted octanol–water partition coefficient (Wildman–Crippen LogP) is 3.09. The molecule has 0 amide bonds. The highest BCUT2D eigenvalue weighted by atomic mass is 35.5. The Bertz CT molecular complexity index is 604. The molecule has 0 unspecified atom stereocenters. The lowest BCUT2D eigenvalue weighted by molar-refractivity contribution is -0.222. The Kier molecular flexibility index (Phi) is 3.96. The van der Waals surface area contributed by atoms with E-state index in [0.717, 1.165) is 11.1 Å². The van der Waals surface area contributed by atoms with E-state index < -0.39 is 17.7 Å². The van der Waals surface area contributed by atoms with Crippen molar-refractivity contribution in [1.29, 1.82) is 0 Å². The summed E-state index contributed by atoms with van der Waals surface area (Å²) in [6.45, 7) is 6.75. The highest BCUT2D eigenvalue weighted by molar-refractivity contribution is 6.32. The molecule has 0 atom stereocenters. The lowest BCUT2D eigenvalue weighted by Gasteiger charge is -2.29. The highest BCUT2D eigenvalue weighted by Crippen LogP contribution is 2.26. The maximum absolute atomic E-state index is 11.8. The summed E-state index contributed by atoms with van der Waals surface area (Å²) in [5.41, 5.74) is 2.33. The van der Waals surface area contributed by atoms with Crippen LogP contribution in [0, 0.1) is 13.8 Å². The number of carbonyl (C=O) groups is 2. The van der Waals surface area contributed by atoms with E-state index in [1.54, 1.807) is 0 Å². The molecule has 21 heavy (non-hydrogen) atoms. The number of rotatable bonds is 2. The van der Waals surface area contributed by atoms with Crippen LogP contribution in [0.25, 0.3) is 0 Å². The average Bonchev–Trinajstić information content (AvgIpc) is 2.33. The number of hydrogen-bond donors (Lipinski definition) is 1. The van der Waals surface area contributed by atoms with Crippen molar-refractivity contribution in [2.75, 3.05) is 5.32 Å². The second kappa shape index (κ2) is 5.41. The summed E-state index contributed by atoms with van der Waals surface area (Å²) >= 11 is 6.08. The molecule has 1 aliphatic rings. The SMILES string of the molecule is Cc1cc(NC=C2C(=O)OC(C)(C)OC2=O)cc(C)c1Cl. The van der Waals surface area contributed by atoms with E-state index >= 15 is 0 Å². The van der Waals surface area contributed by atoms with Crippen molar-refractivity contribution in [1.82, 2.24) is 0 Å². The molecule has 0 bridgehead atoms. The van der Waals surface area contributed by atoms with E-state index in [1.807, 2.05) is 26.0 Å². The minimum Gasteiger partial charge on any atom is -0.419 e. The number of anilines is 1. The first-order chi connectivity index (χ1) is 9.69. The van der Waals surface area contributed by atoms with E-state index in [-0.39, 0.29) is 5.57 Å². The minimum absolute atomic E-state index is 0.181.